The third kappa shape index (κ3) is 4.92. The molecule has 0 aliphatic rings. The number of fused-ring (bicyclic) bond motifs is 1. The molecule has 4 aromatic rings. The minimum Gasteiger partial charge on any atom is -0.322 e. The number of rotatable bonds is 7. The number of nitrogens with zero attached hydrogens (tertiary/aromatic N) is 6. The smallest absolute Gasteiger partial charge is 0.252 e. The molecule has 0 aliphatic carbocycles. The third-order valence-corrected chi connectivity index (χ3v) is 6.27. The first kappa shape index (κ1) is 23.8. The van der Waals surface area contributed by atoms with Crippen molar-refractivity contribution < 1.29 is 0 Å². The molecule has 8 heteroatoms. The van der Waals surface area contributed by atoms with Crippen LogP contribution < -0.4 is 5.56 Å². The van der Waals surface area contributed by atoms with Gasteiger partial charge in [-0.1, -0.05) is 13.0 Å². The minimum atomic E-state index is -0.262. The molecule has 0 aliphatic heterocycles. The van der Waals surface area contributed by atoms with Gasteiger partial charge in [-0.2, -0.15) is 0 Å². The number of aromatic amines is 1. The second-order valence-electron chi connectivity index (χ2n) is 9.96. The number of aryl methyl sites for hydroxylation is 2. The number of aromatic nitrogens is 6. The number of H-pyrrole nitrogens is 1. The van der Waals surface area contributed by atoms with E-state index in [2.05, 4.69) is 84.1 Å². The molecule has 0 bridgehead atoms. The molecular formula is C26H33N7O. The van der Waals surface area contributed by atoms with E-state index < -0.39 is 0 Å². The van der Waals surface area contributed by atoms with Gasteiger partial charge in [-0.3, -0.25) is 14.7 Å². The fourth-order valence-corrected chi connectivity index (χ4v) is 4.34. The van der Waals surface area contributed by atoms with Crippen LogP contribution >= 0.6 is 0 Å². The Bertz CT molecular complexity index is 1340. The van der Waals surface area contributed by atoms with Gasteiger partial charge in [0.05, 0.1) is 11.6 Å². The van der Waals surface area contributed by atoms with Gasteiger partial charge < -0.3 is 4.98 Å². The highest BCUT2D eigenvalue weighted by atomic mass is 16.1. The van der Waals surface area contributed by atoms with E-state index >= 15 is 0 Å². The van der Waals surface area contributed by atoms with E-state index in [0.29, 0.717) is 18.7 Å². The zero-order chi connectivity index (χ0) is 24.5. The van der Waals surface area contributed by atoms with Gasteiger partial charge >= 0.3 is 0 Å². The number of hydrogen-bond acceptors (Lipinski definition) is 6. The summed E-state index contributed by atoms with van der Waals surface area (Å²) < 4.78 is 1.88. The minimum absolute atomic E-state index is 0.0720. The van der Waals surface area contributed by atoms with Crippen LogP contribution in [0.3, 0.4) is 0 Å². The fraction of sp³-hybridized carbons (Fsp3) is 0.423. The maximum Gasteiger partial charge on any atom is 0.252 e. The summed E-state index contributed by atoms with van der Waals surface area (Å²) in [5.74, 6) is 0.794. The van der Waals surface area contributed by atoms with E-state index in [9.17, 15) is 4.79 Å². The molecule has 8 nitrogen and oxygen atoms in total. The van der Waals surface area contributed by atoms with Gasteiger partial charge in [-0.05, 0) is 97.8 Å². The lowest BCUT2D eigenvalue weighted by Gasteiger charge is -2.32. The highest BCUT2D eigenvalue weighted by Crippen LogP contribution is 2.29. The van der Waals surface area contributed by atoms with Crippen LogP contribution in [0.15, 0.2) is 47.5 Å². The van der Waals surface area contributed by atoms with E-state index in [4.69, 9.17) is 0 Å². The SMILES string of the molecule is CC[C@@H](c1nnnn1C(C)(C)C)N(Cc1cccnc1)Cc1cc2cc(C)c(C)cc2[nH]c1=O. The number of pyridine rings is 2. The molecule has 1 N–H and O–H groups in total. The van der Waals surface area contributed by atoms with E-state index in [1.165, 1.54) is 5.56 Å². The van der Waals surface area contributed by atoms with Crippen LogP contribution in [0.4, 0.5) is 0 Å². The molecule has 1 aromatic carbocycles. The average Bonchev–Trinajstić information content (AvgIpc) is 3.27. The predicted molar refractivity (Wildman–Crippen MR) is 133 cm³/mol. The second-order valence-corrected chi connectivity index (χ2v) is 9.96. The largest absolute Gasteiger partial charge is 0.322 e. The van der Waals surface area contributed by atoms with Gasteiger partial charge in [0.15, 0.2) is 5.82 Å². The molecule has 34 heavy (non-hydrogen) atoms. The summed E-state index contributed by atoms with van der Waals surface area (Å²) in [4.78, 5) is 22.7. The third-order valence-electron chi connectivity index (χ3n) is 6.27. The van der Waals surface area contributed by atoms with Gasteiger partial charge in [0, 0.05) is 36.6 Å². The number of hydrogen-bond donors (Lipinski definition) is 1. The lowest BCUT2D eigenvalue weighted by molar-refractivity contribution is 0.153. The van der Waals surface area contributed by atoms with Crippen LogP contribution in [0.1, 0.15) is 68.2 Å². The van der Waals surface area contributed by atoms with Crippen molar-refractivity contribution in [1.29, 1.82) is 0 Å². The Morgan fingerprint density at radius 1 is 1.12 bits per heavy atom. The van der Waals surface area contributed by atoms with Crippen molar-refractivity contribution in [2.45, 2.75) is 72.6 Å². The summed E-state index contributed by atoms with van der Waals surface area (Å²) in [5.41, 5.74) is 4.67. The molecular weight excluding hydrogens is 426 g/mol. The Labute approximate surface area is 200 Å². The normalized spacial score (nSPS) is 13.0. The van der Waals surface area contributed by atoms with Crippen LogP contribution in [0.5, 0.6) is 0 Å². The first-order valence-corrected chi connectivity index (χ1v) is 11.7. The van der Waals surface area contributed by atoms with Gasteiger partial charge in [-0.25, -0.2) is 4.68 Å². The van der Waals surface area contributed by atoms with Crippen LogP contribution in [-0.4, -0.2) is 35.1 Å². The highest BCUT2D eigenvalue weighted by molar-refractivity contribution is 5.80. The average molecular weight is 460 g/mol. The second kappa shape index (κ2) is 9.46. The standard InChI is InChI=1S/C26H33N7O/c1-7-23(24-29-30-31-33(24)26(4,5)6)32(15-19-9-8-10-27-14-19)16-21-13-20-11-17(2)18(3)12-22(20)28-25(21)34/h8-14,23H,7,15-16H2,1-6H3,(H,28,34)/t23-/m0/s1. The van der Waals surface area contributed by atoms with Crippen molar-refractivity contribution in [2.75, 3.05) is 0 Å². The topological polar surface area (TPSA) is 92.6 Å². The van der Waals surface area contributed by atoms with Crippen molar-refractivity contribution in [3.8, 4) is 0 Å². The molecule has 3 heterocycles. The quantitative estimate of drug-likeness (QED) is 0.439. The zero-order valence-electron chi connectivity index (χ0n) is 20.8. The number of nitrogens with one attached hydrogen (secondary N) is 1. The molecule has 1 atom stereocenters. The Hall–Kier alpha value is -3.39. The lowest BCUT2D eigenvalue weighted by atomic mass is 10.0. The van der Waals surface area contributed by atoms with Crippen molar-refractivity contribution in [3.05, 3.63) is 81.2 Å². The summed E-state index contributed by atoms with van der Waals surface area (Å²) in [5, 5.41) is 13.7. The van der Waals surface area contributed by atoms with Crippen LogP contribution in [0, 0.1) is 13.8 Å². The summed E-state index contributed by atoms with van der Waals surface area (Å²) >= 11 is 0. The van der Waals surface area contributed by atoms with E-state index in [1.54, 1.807) is 6.20 Å². The van der Waals surface area contributed by atoms with Crippen molar-refractivity contribution in [3.63, 3.8) is 0 Å². The van der Waals surface area contributed by atoms with Gasteiger partial charge in [0.25, 0.3) is 5.56 Å². The summed E-state index contributed by atoms with van der Waals surface area (Å²) in [6, 6.07) is 10.1. The maximum absolute atomic E-state index is 13.1. The predicted octanol–water partition coefficient (Wildman–Crippen LogP) is 4.43. The van der Waals surface area contributed by atoms with Gasteiger partial charge in [0.1, 0.15) is 0 Å². The summed E-state index contributed by atoms with van der Waals surface area (Å²) in [7, 11) is 0. The maximum atomic E-state index is 13.1. The van der Waals surface area contributed by atoms with Crippen LogP contribution in [0.2, 0.25) is 0 Å². The molecule has 0 amide bonds. The van der Waals surface area contributed by atoms with Crippen molar-refractivity contribution in [1.82, 2.24) is 35.1 Å². The summed E-state index contributed by atoms with van der Waals surface area (Å²) in [6.45, 7) is 13.6. The zero-order valence-corrected chi connectivity index (χ0v) is 20.8. The first-order valence-electron chi connectivity index (χ1n) is 11.7. The molecule has 0 fully saturated rings. The fourth-order valence-electron chi connectivity index (χ4n) is 4.34. The molecule has 0 radical (unpaired) electrons. The highest BCUT2D eigenvalue weighted by Gasteiger charge is 2.29. The molecule has 0 unspecified atom stereocenters. The number of benzene rings is 1. The lowest BCUT2D eigenvalue weighted by Crippen LogP contribution is -2.35. The van der Waals surface area contributed by atoms with E-state index in [-0.39, 0.29) is 17.1 Å². The van der Waals surface area contributed by atoms with Crippen LogP contribution in [0.25, 0.3) is 10.9 Å². The van der Waals surface area contributed by atoms with Crippen molar-refractivity contribution >= 4 is 10.9 Å². The Morgan fingerprint density at radius 2 is 1.88 bits per heavy atom. The monoisotopic (exact) mass is 459 g/mol. The molecule has 178 valence electrons. The van der Waals surface area contributed by atoms with Crippen molar-refractivity contribution in [2.24, 2.45) is 0 Å². The molecule has 3 aromatic heterocycles. The summed E-state index contributed by atoms with van der Waals surface area (Å²) in [6.07, 6.45) is 4.42. The van der Waals surface area contributed by atoms with Gasteiger partial charge in [0.2, 0.25) is 0 Å². The Morgan fingerprint density at radius 3 is 2.56 bits per heavy atom. The molecule has 4 rings (SSSR count). The van der Waals surface area contributed by atoms with Gasteiger partial charge in [-0.15, -0.1) is 5.10 Å². The number of tetrazole rings is 1. The Balaban J connectivity index is 1.78. The van der Waals surface area contributed by atoms with E-state index in [0.717, 1.165) is 34.3 Å². The molecule has 0 saturated carbocycles. The molecule has 0 spiro atoms. The Kier molecular flexibility index (Phi) is 6.61. The van der Waals surface area contributed by atoms with Crippen LogP contribution in [-0.2, 0) is 18.6 Å². The molecule has 0 saturated heterocycles. The van der Waals surface area contributed by atoms with E-state index in [1.807, 2.05) is 29.1 Å². The first-order chi connectivity index (χ1) is 16.2.